The quantitative estimate of drug-likeness (QED) is 0.724. The molecule has 0 atom stereocenters. The molecule has 2 aromatic rings. The second-order valence-corrected chi connectivity index (χ2v) is 6.31. The number of nitrogens with zero attached hydrogens (tertiary/aromatic N) is 6. The number of halogens is 2. The highest BCUT2D eigenvalue weighted by Crippen LogP contribution is 2.13. The van der Waals surface area contributed by atoms with Gasteiger partial charge in [0.2, 0.25) is 5.91 Å². The van der Waals surface area contributed by atoms with E-state index in [9.17, 15) is 9.18 Å². The van der Waals surface area contributed by atoms with E-state index in [1.165, 1.54) is 12.1 Å². The van der Waals surface area contributed by atoms with E-state index in [1.807, 2.05) is 4.90 Å². The van der Waals surface area contributed by atoms with E-state index in [2.05, 4.69) is 20.4 Å². The maximum atomic E-state index is 13.4. The first kappa shape index (κ1) is 17.8. The Balaban J connectivity index is 1.58. The summed E-state index contributed by atoms with van der Waals surface area (Å²) in [5.74, 6) is 0.981. The lowest BCUT2D eigenvalue weighted by molar-refractivity contribution is -0.133. The molecule has 1 aromatic heterocycles. The van der Waals surface area contributed by atoms with Crippen molar-refractivity contribution in [1.29, 1.82) is 0 Å². The Bertz CT molecular complexity index is 716. The number of carbonyl (C=O) groups is 1. The molecule has 0 unspecified atom stereocenters. The first-order chi connectivity index (χ1) is 12.2. The first-order valence-corrected chi connectivity index (χ1v) is 8.80. The number of hydrogen-bond donors (Lipinski definition) is 0. The number of amides is 1. The summed E-state index contributed by atoms with van der Waals surface area (Å²) >= 11 is 5.64. The Morgan fingerprint density at radius 3 is 2.76 bits per heavy atom. The van der Waals surface area contributed by atoms with Crippen molar-refractivity contribution in [2.24, 2.45) is 0 Å². The lowest BCUT2D eigenvalue weighted by Crippen LogP contribution is -2.48. The molecule has 7 nitrogen and oxygen atoms in total. The second kappa shape index (κ2) is 8.35. The molecule has 1 saturated heterocycles. The highest BCUT2D eigenvalue weighted by Gasteiger charge is 2.22. The summed E-state index contributed by atoms with van der Waals surface area (Å²) in [6.45, 7) is 3.42. The summed E-state index contributed by atoms with van der Waals surface area (Å²) in [4.78, 5) is 16.1. The van der Waals surface area contributed by atoms with Crippen LogP contribution in [0.4, 0.5) is 4.39 Å². The van der Waals surface area contributed by atoms with Crippen LogP contribution in [-0.2, 0) is 11.3 Å². The number of carbonyl (C=O) groups excluding carboxylic acids is 1. The molecule has 134 valence electrons. The molecule has 0 bridgehead atoms. The average molecular weight is 367 g/mol. The van der Waals surface area contributed by atoms with Gasteiger partial charge in [0.1, 0.15) is 5.82 Å². The van der Waals surface area contributed by atoms with Crippen LogP contribution in [0.1, 0.15) is 18.7 Å². The Morgan fingerprint density at radius 2 is 2.04 bits per heavy atom. The van der Waals surface area contributed by atoms with Crippen LogP contribution in [0.3, 0.4) is 0 Å². The maximum absolute atomic E-state index is 13.4. The highest BCUT2D eigenvalue weighted by atomic mass is 35.5. The molecule has 9 heteroatoms. The standard InChI is InChI=1S/C16H20ClFN6O/c17-6-2-5-16(25)23-9-7-22(8-10-23)12-15-19-20-21-24(15)14-4-1-3-13(18)11-14/h1,3-4,11H,2,5-10,12H2. The normalized spacial score (nSPS) is 15.5. The van der Waals surface area contributed by atoms with E-state index >= 15 is 0 Å². The van der Waals surface area contributed by atoms with Gasteiger partial charge in [0.05, 0.1) is 12.2 Å². The molecule has 0 aliphatic carbocycles. The van der Waals surface area contributed by atoms with Gasteiger partial charge in [-0.3, -0.25) is 9.69 Å². The molecule has 0 radical (unpaired) electrons. The van der Waals surface area contributed by atoms with Gasteiger partial charge in [-0.05, 0) is 35.0 Å². The van der Waals surface area contributed by atoms with E-state index in [0.717, 1.165) is 13.1 Å². The summed E-state index contributed by atoms with van der Waals surface area (Å²) in [5.41, 5.74) is 0.592. The number of hydrogen-bond acceptors (Lipinski definition) is 5. The smallest absolute Gasteiger partial charge is 0.222 e. The topological polar surface area (TPSA) is 67.2 Å². The van der Waals surface area contributed by atoms with Gasteiger partial charge in [0.25, 0.3) is 0 Å². The Hall–Kier alpha value is -2.06. The van der Waals surface area contributed by atoms with Gasteiger partial charge in [-0.15, -0.1) is 16.7 Å². The number of piperazine rings is 1. The molecule has 1 amide bonds. The number of rotatable bonds is 6. The van der Waals surface area contributed by atoms with Crippen molar-refractivity contribution in [3.05, 3.63) is 35.9 Å². The van der Waals surface area contributed by atoms with Gasteiger partial charge < -0.3 is 4.90 Å². The predicted octanol–water partition coefficient (Wildman–Crippen LogP) is 1.46. The number of alkyl halides is 1. The van der Waals surface area contributed by atoms with Gasteiger partial charge in [-0.25, -0.2) is 4.39 Å². The molecule has 0 spiro atoms. The lowest BCUT2D eigenvalue weighted by atomic mass is 10.2. The Morgan fingerprint density at radius 1 is 1.24 bits per heavy atom. The van der Waals surface area contributed by atoms with Gasteiger partial charge in [-0.2, -0.15) is 4.68 Å². The largest absolute Gasteiger partial charge is 0.340 e. The molecule has 0 N–H and O–H groups in total. The minimum Gasteiger partial charge on any atom is -0.340 e. The third kappa shape index (κ3) is 4.52. The van der Waals surface area contributed by atoms with Crippen LogP contribution in [0, 0.1) is 5.82 Å². The molecular weight excluding hydrogens is 347 g/mol. The van der Waals surface area contributed by atoms with Crippen LogP contribution in [0.15, 0.2) is 24.3 Å². The summed E-state index contributed by atoms with van der Waals surface area (Å²) in [7, 11) is 0. The molecule has 2 heterocycles. The number of benzene rings is 1. The molecule has 1 aromatic carbocycles. The zero-order chi connectivity index (χ0) is 17.6. The molecule has 3 rings (SSSR count). The van der Waals surface area contributed by atoms with E-state index < -0.39 is 0 Å². The van der Waals surface area contributed by atoms with E-state index in [-0.39, 0.29) is 11.7 Å². The molecule has 1 aliphatic heterocycles. The fraction of sp³-hybridized carbons (Fsp3) is 0.500. The monoisotopic (exact) mass is 366 g/mol. The summed E-state index contributed by atoms with van der Waals surface area (Å²) in [5, 5.41) is 11.7. The van der Waals surface area contributed by atoms with Crippen LogP contribution >= 0.6 is 11.6 Å². The molecule has 0 saturated carbocycles. The van der Waals surface area contributed by atoms with Crippen LogP contribution in [-0.4, -0.2) is 68.0 Å². The van der Waals surface area contributed by atoms with E-state index in [1.54, 1.807) is 16.8 Å². The molecule has 1 aliphatic rings. The fourth-order valence-corrected chi connectivity index (χ4v) is 2.98. The van der Waals surface area contributed by atoms with E-state index in [4.69, 9.17) is 11.6 Å². The third-order valence-electron chi connectivity index (χ3n) is 4.20. The predicted molar refractivity (Wildman–Crippen MR) is 90.9 cm³/mol. The second-order valence-electron chi connectivity index (χ2n) is 5.94. The molecule has 1 fully saturated rings. The van der Waals surface area contributed by atoms with Crippen LogP contribution in [0.25, 0.3) is 5.69 Å². The number of aromatic nitrogens is 4. The first-order valence-electron chi connectivity index (χ1n) is 8.26. The van der Waals surface area contributed by atoms with Gasteiger partial charge in [-0.1, -0.05) is 6.07 Å². The van der Waals surface area contributed by atoms with Crippen molar-refractivity contribution < 1.29 is 9.18 Å². The minimum atomic E-state index is -0.331. The van der Waals surface area contributed by atoms with E-state index in [0.29, 0.717) is 49.9 Å². The lowest BCUT2D eigenvalue weighted by Gasteiger charge is -2.34. The van der Waals surface area contributed by atoms with Crippen molar-refractivity contribution in [3.8, 4) is 5.69 Å². The summed E-state index contributed by atoms with van der Waals surface area (Å²) in [6.07, 6.45) is 1.21. The molecular formula is C16H20ClFN6O. The van der Waals surface area contributed by atoms with Gasteiger partial charge >= 0.3 is 0 Å². The average Bonchev–Trinajstić information content (AvgIpc) is 3.08. The van der Waals surface area contributed by atoms with Crippen molar-refractivity contribution >= 4 is 17.5 Å². The Kier molecular flexibility index (Phi) is 5.93. The fourth-order valence-electron chi connectivity index (χ4n) is 2.84. The molecule has 25 heavy (non-hydrogen) atoms. The van der Waals surface area contributed by atoms with Crippen LogP contribution < -0.4 is 0 Å². The van der Waals surface area contributed by atoms with Crippen molar-refractivity contribution in [2.75, 3.05) is 32.1 Å². The van der Waals surface area contributed by atoms with Gasteiger partial charge in [0.15, 0.2) is 5.82 Å². The summed E-state index contributed by atoms with van der Waals surface area (Å²) in [6, 6.07) is 6.17. The van der Waals surface area contributed by atoms with Crippen LogP contribution in [0.2, 0.25) is 0 Å². The van der Waals surface area contributed by atoms with Gasteiger partial charge in [0, 0.05) is 38.5 Å². The zero-order valence-electron chi connectivity index (χ0n) is 13.8. The maximum Gasteiger partial charge on any atom is 0.222 e. The highest BCUT2D eigenvalue weighted by molar-refractivity contribution is 6.17. The minimum absolute atomic E-state index is 0.157. The number of tetrazole rings is 1. The van der Waals surface area contributed by atoms with Crippen molar-refractivity contribution in [1.82, 2.24) is 30.0 Å². The van der Waals surface area contributed by atoms with Crippen LogP contribution in [0.5, 0.6) is 0 Å². The summed E-state index contributed by atoms with van der Waals surface area (Å²) < 4.78 is 15.0. The third-order valence-corrected chi connectivity index (χ3v) is 4.47. The van der Waals surface area contributed by atoms with Crippen molar-refractivity contribution in [2.45, 2.75) is 19.4 Å². The zero-order valence-corrected chi connectivity index (χ0v) is 14.6. The van der Waals surface area contributed by atoms with Crippen molar-refractivity contribution in [3.63, 3.8) is 0 Å². The Labute approximate surface area is 150 Å². The SMILES string of the molecule is O=C(CCCCl)N1CCN(Cc2nnnn2-c2cccc(F)c2)CC1.